The lowest BCUT2D eigenvalue weighted by atomic mass is 10.2. The van der Waals surface area contributed by atoms with E-state index < -0.39 is 0 Å². The van der Waals surface area contributed by atoms with Crippen molar-refractivity contribution in [3.05, 3.63) is 18.2 Å². The third-order valence-electron chi connectivity index (χ3n) is 2.92. The molecule has 1 aromatic rings. The van der Waals surface area contributed by atoms with E-state index in [1.807, 2.05) is 18.2 Å². The molecule has 0 spiro atoms. The third kappa shape index (κ3) is 4.15. The number of benzene rings is 1. The largest absolute Gasteiger partial charge is 0.497 e. The van der Waals surface area contributed by atoms with Crippen molar-refractivity contribution in [1.82, 2.24) is 4.90 Å². The Labute approximate surface area is 104 Å². The van der Waals surface area contributed by atoms with Gasteiger partial charge in [0, 0.05) is 25.2 Å². The van der Waals surface area contributed by atoms with E-state index in [1.165, 1.54) is 0 Å². The second kappa shape index (κ2) is 6.35. The fourth-order valence-electron chi connectivity index (χ4n) is 1.45. The maximum atomic E-state index is 5.92. The number of rotatable bonds is 6. The average molecular weight is 237 g/mol. The zero-order valence-electron chi connectivity index (χ0n) is 11.2. The molecule has 0 aromatic heterocycles. The second-order valence-corrected chi connectivity index (χ2v) is 4.45. The van der Waals surface area contributed by atoms with E-state index in [-0.39, 0.29) is 0 Å². The fourth-order valence-corrected chi connectivity index (χ4v) is 1.45. The van der Waals surface area contributed by atoms with Crippen LogP contribution in [0.3, 0.4) is 0 Å². The summed E-state index contributed by atoms with van der Waals surface area (Å²) < 4.78 is 5.11. The van der Waals surface area contributed by atoms with E-state index in [4.69, 9.17) is 10.5 Å². The molecule has 17 heavy (non-hydrogen) atoms. The SMILES string of the molecule is COc1ccc(NCCN(C)C(C)C)c(N)c1. The molecule has 0 aliphatic rings. The van der Waals surface area contributed by atoms with Gasteiger partial charge in [-0.3, -0.25) is 0 Å². The van der Waals surface area contributed by atoms with Crippen LogP contribution in [0.5, 0.6) is 5.75 Å². The van der Waals surface area contributed by atoms with Crippen LogP contribution in [0.1, 0.15) is 13.8 Å². The molecule has 0 heterocycles. The quantitative estimate of drug-likeness (QED) is 0.743. The molecule has 96 valence electrons. The van der Waals surface area contributed by atoms with Gasteiger partial charge in [0.2, 0.25) is 0 Å². The fraction of sp³-hybridized carbons (Fsp3) is 0.538. The number of nitrogens with one attached hydrogen (secondary N) is 1. The number of likely N-dealkylation sites (N-methyl/N-ethyl adjacent to an activating group) is 1. The number of anilines is 2. The summed E-state index contributed by atoms with van der Waals surface area (Å²) in [7, 11) is 3.75. The van der Waals surface area contributed by atoms with Crippen molar-refractivity contribution in [3.8, 4) is 5.75 Å². The minimum absolute atomic E-state index is 0.560. The van der Waals surface area contributed by atoms with Crippen LogP contribution in [-0.4, -0.2) is 38.2 Å². The predicted molar refractivity (Wildman–Crippen MR) is 73.7 cm³/mol. The van der Waals surface area contributed by atoms with Gasteiger partial charge < -0.3 is 20.7 Å². The van der Waals surface area contributed by atoms with Gasteiger partial charge in [0.25, 0.3) is 0 Å². The summed E-state index contributed by atoms with van der Waals surface area (Å²) in [5, 5.41) is 3.33. The molecule has 0 amide bonds. The summed E-state index contributed by atoms with van der Waals surface area (Å²) >= 11 is 0. The van der Waals surface area contributed by atoms with E-state index in [0.29, 0.717) is 6.04 Å². The smallest absolute Gasteiger partial charge is 0.121 e. The second-order valence-electron chi connectivity index (χ2n) is 4.45. The molecule has 3 N–H and O–H groups in total. The monoisotopic (exact) mass is 237 g/mol. The van der Waals surface area contributed by atoms with Gasteiger partial charge in [0.05, 0.1) is 18.5 Å². The van der Waals surface area contributed by atoms with Crippen molar-refractivity contribution in [2.75, 3.05) is 38.3 Å². The van der Waals surface area contributed by atoms with Crippen molar-refractivity contribution >= 4 is 11.4 Å². The molecule has 0 fully saturated rings. The van der Waals surface area contributed by atoms with Crippen LogP contribution in [0, 0.1) is 0 Å². The first-order valence-electron chi connectivity index (χ1n) is 5.92. The zero-order valence-corrected chi connectivity index (χ0v) is 11.2. The van der Waals surface area contributed by atoms with Crippen molar-refractivity contribution < 1.29 is 4.74 Å². The number of hydrogen-bond donors (Lipinski definition) is 2. The molecule has 0 atom stereocenters. The van der Waals surface area contributed by atoms with Crippen LogP contribution in [0.2, 0.25) is 0 Å². The summed E-state index contributed by atoms with van der Waals surface area (Å²) in [4.78, 5) is 2.28. The molecular formula is C13H23N3O. The first kappa shape index (κ1) is 13.6. The van der Waals surface area contributed by atoms with Crippen LogP contribution >= 0.6 is 0 Å². The summed E-state index contributed by atoms with van der Waals surface area (Å²) in [5.41, 5.74) is 7.60. The molecule has 0 unspecified atom stereocenters. The molecular weight excluding hydrogens is 214 g/mol. The van der Waals surface area contributed by atoms with Crippen molar-refractivity contribution in [1.29, 1.82) is 0 Å². The van der Waals surface area contributed by atoms with Gasteiger partial charge in [-0.05, 0) is 33.0 Å². The first-order chi connectivity index (χ1) is 8.04. The van der Waals surface area contributed by atoms with E-state index in [9.17, 15) is 0 Å². The highest BCUT2D eigenvalue weighted by atomic mass is 16.5. The van der Waals surface area contributed by atoms with Gasteiger partial charge in [-0.2, -0.15) is 0 Å². The summed E-state index contributed by atoms with van der Waals surface area (Å²) in [6, 6.07) is 6.24. The summed E-state index contributed by atoms with van der Waals surface area (Å²) in [5.74, 6) is 0.785. The van der Waals surface area contributed by atoms with E-state index >= 15 is 0 Å². The Hall–Kier alpha value is -1.42. The lowest BCUT2D eigenvalue weighted by Gasteiger charge is -2.21. The summed E-state index contributed by atoms with van der Waals surface area (Å²) in [6.07, 6.45) is 0. The van der Waals surface area contributed by atoms with E-state index in [1.54, 1.807) is 7.11 Å². The molecule has 1 rings (SSSR count). The van der Waals surface area contributed by atoms with Gasteiger partial charge in [-0.1, -0.05) is 0 Å². The van der Waals surface area contributed by atoms with Crippen LogP contribution in [0.15, 0.2) is 18.2 Å². The highest BCUT2D eigenvalue weighted by Gasteiger charge is 2.04. The average Bonchev–Trinajstić information content (AvgIpc) is 2.30. The first-order valence-corrected chi connectivity index (χ1v) is 5.92. The molecule has 0 aliphatic heterocycles. The standard InChI is InChI=1S/C13H23N3O/c1-10(2)16(3)8-7-15-13-6-5-11(17-4)9-12(13)14/h5-6,9-10,15H,7-8,14H2,1-4H3. The van der Waals surface area contributed by atoms with Gasteiger partial charge >= 0.3 is 0 Å². The van der Waals surface area contributed by atoms with Crippen molar-refractivity contribution in [2.45, 2.75) is 19.9 Å². The van der Waals surface area contributed by atoms with E-state index in [2.05, 4.69) is 31.1 Å². The highest BCUT2D eigenvalue weighted by Crippen LogP contribution is 2.23. The van der Waals surface area contributed by atoms with Crippen LogP contribution in [0.4, 0.5) is 11.4 Å². The Kier molecular flexibility index (Phi) is 5.10. The van der Waals surface area contributed by atoms with Gasteiger partial charge in [0.15, 0.2) is 0 Å². The number of nitrogen functional groups attached to an aromatic ring is 1. The van der Waals surface area contributed by atoms with Crippen molar-refractivity contribution in [3.63, 3.8) is 0 Å². The topological polar surface area (TPSA) is 50.5 Å². The van der Waals surface area contributed by atoms with Crippen LogP contribution in [0.25, 0.3) is 0 Å². The number of ether oxygens (including phenoxy) is 1. The van der Waals surface area contributed by atoms with Gasteiger partial charge in [-0.25, -0.2) is 0 Å². The van der Waals surface area contributed by atoms with Crippen molar-refractivity contribution in [2.24, 2.45) is 0 Å². The molecule has 0 bridgehead atoms. The Bertz CT molecular complexity index is 353. The molecule has 0 saturated carbocycles. The third-order valence-corrected chi connectivity index (χ3v) is 2.92. The normalized spacial score (nSPS) is 10.9. The van der Waals surface area contributed by atoms with E-state index in [0.717, 1.165) is 30.2 Å². The number of methoxy groups -OCH3 is 1. The molecule has 1 aromatic carbocycles. The Morgan fingerprint density at radius 3 is 2.65 bits per heavy atom. The van der Waals surface area contributed by atoms with Crippen LogP contribution in [-0.2, 0) is 0 Å². The number of nitrogens with zero attached hydrogens (tertiary/aromatic N) is 1. The Morgan fingerprint density at radius 1 is 1.41 bits per heavy atom. The zero-order chi connectivity index (χ0) is 12.8. The Balaban J connectivity index is 2.47. The maximum Gasteiger partial charge on any atom is 0.121 e. The number of nitrogens with two attached hydrogens (primary N) is 1. The minimum Gasteiger partial charge on any atom is -0.497 e. The molecule has 0 saturated heterocycles. The lowest BCUT2D eigenvalue weighted by molar-refractivity contribution is 0.284. The van der Waals surface area contributed by atoms with Gasteiger partial charge in [0.1, 0.15) is 5.75 Å². The highest BCUT2D eigenvalue weighted by molar-refractivity contribution is 5.68. The van der Waals surface area contributed by atoms with Crippen LogP contribution < -0.4 is 15.8 Å². The Morgan fingerprint density at radius 2 is 2.12 bits per heavy atom. The molecule has 4 heteroatoms. The molecule has 0 radical (unpaired) electrons. The molecule has 4 nitrogen and oxygen atoms in total. The maximum absolute atomic E-state index is 5.92. The van der Waals surface area contributed by atoms with Gasteiger partial charge in [-0.15, -0.1) is 0 Å². The number of hydrogen-bond acceptors (Lipinski definition) is 4. The minimum atomic E-state index is 0.560. The lowest BCUT2D eigenvalue weighted by Crippen LogP contribution is -2.31. The predicted octanol–water partition coefficient (Wildman–Crippen LogP) is 2.03. The molecule has 0 aliphatic carbocycles. The summed E-state index contributed by atoms with van der Waals surface area (Å²) in [6.45, 7) is 6.23.